The molecule has 0 amide bonds. The molecule has 2 rings (SSSR count). The number of carbonyl (C=O) groups excluding carboxylic acids is 3. The number of esters is 3. The van der Waals surface area contributed by atoms with Gasteiger partial charge in [0.15, 0.2) is 12.6 Å². The summed E-state index contributed by atoms with van der Waals surface area (Å²) in [6, 6.07) is 0. The fraction of sp³-hybridized carbons (Fsp3) is 0.951. The largest absolute Gasteiger partial charge is 0.465 e. The van der Waals surface area contributed by atoms with E-state index in [1.54, 1.807) is 0 Å². The smallest absolute Gasteiger partial charge is 0.305 e. The summed E-state index contributed by atoms with van der Waals surface area (Å²) >= 11 is 0. The first kappa shape index (κ1) is 67.7. The van der Waals surface area contributed by atoms with E-state index >= 15 is 0 Å². The van der Waals surface area contributed by atoms with Crippen molar-refractivity contribution in [2.45, 2.75) is 273 Å². The highest BCUT2D eigenvalue weighted by Gasteiger charge is 2.55. The topological polar surface area (TPSA) is 119 Å². The van der Waals surface area contributed by atoms with Gasteiger partial charge >= 0.3 is 17.9 Å². The van der Waals surface area contributed by atoms with E-state index in [1.807, 2.05) is 0 Å². The van der Waals surface area contributed by atoms with E-state index in [-0.39, 0.29) is 47.0 Å². The monoisotopic (exact) mass is 1050 g/mol. The summed E-state index contributed by atoms with van der Waals surface area (Å²) in [7, 11) is -0.516. The lowest BCUT2D eigenvalue weighted by atomic mass is 9.66. The molecule has 2 fully saturated rings. The Labute approximate surface area is 450 Å². The summed E-state index contributed by atoms with van der Waals surface area (Å²) in [5, 5.41) is 0. The Bertz CT molecular complexity index is 1330. The van der Waals surface area contributed by atoms with Gasteiger partial charge in [-0.05, 0) is 83.1 Å². The molecular weight excluding hydrogens is 938 g/mol. The molecule has 0 aliphatic carbocycles. The number of fused-ring (bicyclic) bond motifs is 2. The molecule has 0 radical (unpaired) electrons. The molecule has 2 bridgehead atoms. The first-order chi connectivity index (χ1) is 35.4. The van der Waals surface area contributed by atoms with Crippen molar-refractivity contribution in [2.24, 2.45) is 16.2 Å². The number of hydrogen-bond donors (Lipinski definition) is 0. The van der Waals surface area contributed by atoms with Gasteiger partial charge in [0.25, 0.3) is 0 Å². The minimum Gasteiger partial charge on any atom is -0.465 e. The zero-order chi connectivity index (χ0) is 53.3. The Morgan fingerprint density at radius 2 is 0.753 bits per heavy atom. The van der Waals surface area contributed by atoms with E-state index in [0.717, 1.165) is 109 Å². The second-order valence-electron chi connectivity index (χ2n) is 23.2. The van der Waals surface area contributed by atoms with Crippen LogP contribution in [0.4, 0.5) is 0 Å². The lowest BCUT2D eigenvalue weighted by Gasteiger charge is -2.57. The molecule has 0 saturated carbocycles. The van der Waals surface area contributed by atoms with E-state index in [9.17, 15) is 14.4 Å². The van der Waals surface area contributed by atoms with E-state index in [1.165, 1.54) is 103 Å². The fourth-order valence-electron chi connectivity index (χ4n) is 11.4. The van der Waals surface area contributed by atoms with E-state index in [0.29, 0.717) is 65.5 Å². The van der Waals surface area contributed by atoms with Gasteiger partial charge in [0, 0.05) is 61.9 Å². The van der Waals surface area contributed by atoms with Crippen LogP contribution in [0.25, 0.3) is 0 Å². The Morgan fingerprint density at radius 1 is 0.425 bits per heavy atom. The maximum Gasteiger partial charge on any atom is 0.305 e. The van der Waals surface area contributed by atoms with Crippen LogP contribution in [0.15, 0.2) is 0 Å². The Kier molecular flexibility index (Phi) is 39.6. The summed E-state index contributed by atoms with van der Waals surface area (Å²) in [6.45, 7) is 24.2. The quantitative estimate of drug-likeness (QED) is 0.0190. The predicted molar refractivity (Wildman–Crippen MR) is 303 cm³/mol. The summed E-state index contributed by atoms with van der Waals surface area (Å²) in [5.74, 6) is -0.581. The van der Waals surface area contributed by atoms with Crippen LogP contribution in [0, 0.1) is 16.2 Å². The van der Waals surface area contributed by atoms with Crippen LogP contribution in [0.5, 0.6) is 0 Å². The van der Waals surface area contributed by atoms with E-state index < -0.39 is 20.5 Å². The van der Waals surface area contributed by atoms with Crippen molar-refractivity contribution in [3.05, 3.63) is 0 Å². The molecule has 4 atom stereocenters. The minimum atomic E-state index is -0.516. The second-order valence-corrected chi connectivity index (χ2v) is 25.5. The molecule has 0 aromatic rings. The van der Waals surface area contributed by atoms with Gasteiger partial charge < -0.3 is 38.1 Å². The van der Waals surface area contributed by atoms with Crippen molar-refractivity contribution in [1.29, 1.82) is 0 Å². The van der Waals surface area contributed by atoms with Crippen LogP contribution >= 0.6 is 7.92 Å². The van der Waals surface area contributed by atoms with Gasteiger partial charge in [0.1, 0.15) is 0 Å². The van der Waals surface area contributed by atoms with Crippen molar-refractivity contribution in [3.8, 4) is 0 Å². The van der Waals surface area contributed by atoms with Crippen molar-refractivity contribution >= 4 is 25.8 Å². The molecule has 4 unspecified atom stereocenters. The third-order valence-electron chi connectivity index (χ3n) is 15.2. The maximum absolute atomic E-state index is 13.8. The van der Waals surface area contributed by atoms with Crippen LogP contribution in [0.2, 0.25) is 0 Å². The van der Waals surface area contributed by atoms with E-state index in [2.05, 4.69) is 60.3 Å². The summed E-state index contributed by atoms with van der Waals surface area (Å²) in [4.78, 5) is 42.8. The van der Waals surface area contributed by atoms with E-state index in [4.69, 9.17) is 33.2 Å². The zero-order valence-corrected chi connectivity index (χ0v) is 49.8. The van der Waals surface area contributed by atoms with Crippen LogP contribution in [-0.2, 0) is 47.5 Å². The highest BCUT2D eigenvalue weighted by molar-refractivity contribution is 7.58. The molecule has 0 N–H and O–H groups in total. The highest BCUT2D eigenvalue weighted by atomic mass is 31.1. The second kappa shape index (κ2) is 42.6. The van der Waals surface area contributed by atoms with Crippen LogP contribution in [0.1, 0.15) is 261 Å². The Hall–Kier alpha value is -1.36. The third-order valence-corrected chi connectivity index (χ3v) is 18.7. The van der Waals surface area contributed by atoms with Crippen molar-refractivity contribution in [2.75, 3.05) is 84.4 Å². The maximum atomic E-state index is 13.8. The molecule has 12 heteroatoms. The molecule has 73 heavy (non-hydrogen) atoms. The number of nitrogens with zero attached hydrogens (tertiary/aromatic N) is 1. The fourth-order valence-corrected chi connectivity index (χ4v) is 15.6. The van der Waals surface area contributed by atoms with Gasteiger partial charge in [-0.1, -0.05) is 184 Å². The number of carbonyl (C=O) groups is 3. The van der Waals surface area contributed by atoms with Crippen LogP contribution in [-0.4, -0.2) is 120 Å². The van der Waals surface area contributed by atoms with Gasteiger partial charge in [-0.3, -0.25) is 14.4 Å². The summed E-state index contributed by atoms with van der Waals surface area (Å²) in [5.41, 5.74) is -0.816. The molecule has 0 aromatic carbocycles. The normalized spacial score (nSPS) is 20.8. The third kappa shape index (κ3) is 33.5. The molecular formula is C61H116NO10P. The molecule has 2 aliphatic heterocycles. The van der Waals surface area contributed by atoms with Gasteiger partial charge in [-0.15, -0.1) is 7.92 Å². The van der Waals surface area contributed by atoms with Gasteiger partial charge in [0.2, 0.25) is 0 Å². The lowest BCUT2D eigenvalue weighted by Crippen LogP contribution is -2.53. The average molecular weight is 1050 g/mol. The summed E-state index contributed by atoms with van der Waals surface area (Å²) in [6.07, 6.45) is 34.9. The van der Waals surface area contributed by atoms with Crippen LogP contribution in [0.3, 0.4) is 0 Å². The molecule has 11 nitrogen and oxygen atoms in total. The highest BCUT2D eigenvalue weighted by Crippen LogP contribution is 2.65. The number of hydrogen-bond acceptors (Lipinski definition) is 11. The van der Waals surface area contributed by atoms with Crippen molar-refractivity contribution in [1.82, 2.24) is 4.90 Å². The van der Waals surface area contributed by atoms with Gasteiger partial charge in [-0.25, -0.2) is 0 Å². The molecule has 0 spiro atoms. The zero-order valence-electron chi connectivity index (χ0n) is 49.0. The summed E-state index contributed by atoms with van der Waals surface area (Å²) < 4.78 is 43.6. The van der Waals surface area contributed by atoms with Gasteiger partial charge in [-0.2, -0.15) is 0 Å². The molecule has 430 valence electrons. The first-order valence-electron chi connectivity index (χ1n) is 30.7. The Morgan fingerprint density at radius 3 is 1.11 bits per heavy atom. The Balaban J connectivity index is 2.12. The SMILES string of the molecule is CCCCCCCCOC(CCC(=O)OCC1(C)CP2CC(C)(COC(=O)CCCN(CC)CC)CC(COC(=O)CCC(OCCCCCCCC)OCCCCCCCC)(C2)C1)OCCCCCCCC. The number of rotatable bonds is 50. The molecule has 2 heterocycles. The van der Waals surface area contributed by atoms with Crippen molar-refractivity contribution < 1.29 is 47.5 Å². The number of unbranched alkanes of at least 4 members (excludes halogenated alkanes) is 20. The van der Waals surface area contributed by atoms with Gasteiger partial charge in [0.05, 0.1) is 32.7 Å². The lowest BCUT2D eigenvalue weighted by molar-refractivity contribution is -0.164. The standard InChI is InChI=1S/C61H116NO10P/c1-9-15-19-23-27-31-42-66-57(67-43-32-28-24-20-16-10-2)39-37-55(64)71-49-60(8)47-61(46-59(7,51-73(52-60)53-61)48-70-54(63)36-35-41-62(13-5)14-6)50-72-56(65)38-40-58(68-44-33-29-25-21-17-11-3)69-45-34-30-26-22-18-12-4/h57-58H,9-53H2,1-8H3. The average Bonchev–Trinajstić information content (AvgIpc) is 3.37. The molecule has 2 saturated heterocycles. The molecule has 0 aromatic heterocycles. The van der Waals surface area contributed by atoms with Crippen LogP contribution < -0.4 is 0 Å². The minimum absolute atomic E-state index is 0.135. The van der Waals surface area contributed by atoms with Crippen molar-refractivity contribution in [3.63, 3.8) is 0 Å². The molecule has 2 aliphatic rings. The predicted octanol–water partition coefficient (Wildman–Crippen LogP) is 15.7. The number of ether oxygens (including phenoxy) is 7. The first-order valence-corrected chi connectivity index (χ1v) is 32.6.